The molecule has 0 heterocycles. The van der Waals surface area contributed by atoms with E-state index in [0.29, 0.717) is 0 Å². The smallest absolute Gasteiger partial charge is 0.0686 e. The first-order valence-electron chi connectivity index (χ1n) is 6.71. The topological polar surface area (TPSA) is 39.1 Å². The Morgan fingerprint density at radius 1 is 0.619 bits per heavy atom. The Bertz CT molecular complexity index is 539. The summed E-state index contributed by atoms with van der Waals surface area (Å²) in [5.74, 6) is 0. The number of rotatable bonds is 5. The summed E-state index contributed by atoms with van der Waals surface area (Å²) in [6, 6.07) is 15.4. The highest BCUT2D eigenvalue weighted by Gasteiger charge is 2.10. The quantitative estimate of drug-likeness (QED) is 0.621. The Morgan fingerprint density at radius 2 is 0.905 bits per heavy atom. The Kier molecular flexibility index (Phi) is 4.42. The summed E-state index contributed by atoms with van der Waals surface area (Å²) in [6.45, 7) is 0. The van der Waals surface area contributed by atoms with E-state index in [1.807, 2.05) is 86.5 Å². The van der Waals surface area contributed by atoms with Crippen molar-refractivity contribution in [3.63, 3.8) is 0 Å². The fraction of sp³-hybridized carbons (Fsp3) is 0.250. The number of hydrogen-bond donors (Lipinski definition) is 0. The molecule has 0 aliphatic carbocycles. The molecule has 0 radical (unpaired) electrons. The molecule has 2 aromatic carbocycles. The molecule has 0 aromatic heterocycles. The monoisotopic (exact) mass is 284 g/mol. The van der Waals surface area contributed by atoms with E-state index in [-0.39, 0.29) is 0 Å². The van der Waals surface area contributed by atoms with Crippen molar-refractivity contribution in [1.29, 1.82) is 0 Å². The van der Waals surface area contributed by atoms with Crippen LogP contribution in [0.1, 0.15) is 0 Å². The van der Waals surface area contributed by atoms with E-state index < -0.39 is 0 Å². The van der Waals surface area contributed by atoms with Crippen LogP contribution in [-0.2, 0) is 0 Å². The summed E-state index contributed by atoms with van der Waals surface area (Å²) in [5, 5.41) is 4.52. The fourth-order valence-electron chi connectivity index (χ4n) is 2.03. The van der Waals surface area contributed by atoms with Gasteiger partial charge in [0.05, 0.1) is 16.7 Å². The lowest BCUT2D eigenvalue weighted by Gasteiger charge is -2.19. The third-order valence-electron chi connectivity index (χ3n) is 3.30. The van der Waals surface area contributed by atoms with Gasteiger partial charge in [-0.1, -0.05) is 0 Å². The first-order chi connectivity index (χ1) is 10.0. The normalized spacial score (nSPS) is 10.1. The summed E-state index contributed by atoms with van der Waals surface area (Å²) in [6.07, 6.45) is 0. The van der Waals surface area contributed by atoms with Crippen LogP contribution in [0.2, 0.25) is 0 Å². The molecule has 0 N–H and O–H groups in total. The lowest BCUT2D eigenvalue weighted by Crippen LogP contribution is -2.11. The number of nitrogens with zero attached hydrogens (tertiary/aromatic N) is 4. The minimum Gasteiger partial charge on any atom is -0.378 e. The zero-order valence-electron chi connectivity index (χ0n) is 12.8. The second-order valence-corrected chi connectivity index (χ2v) is 5.22. The van der Waals surface area contributed by atoms with Gasteiger partial charge in [-0.2, -0.15) is 5.01 Å². The van der Waals surface area contributed by atoms with E-state index in [9.17, 15) is 4.91 Å². The first-order valence-corrected chi connectivity index (χ1v) is 6.71. The van der Waals surface area contributed by atoms with Crippen LogP contribution in [0.3, 0.4) is 0 Å². The van der Waals surface area contributed by atoms with Gasteiger partial charge in [-0.15, -0.1) is 4.91 Å². The third kappa shape index (κ3) is 3.31. The summed E-state index contributed by atoms with van der Waals surface area (Å²) < 4.78 is 0. The van der Waals surface area contributed by atoms with Gasteiger partial charge < -0.3 is 9.80 Å². The predicted octanol–water partition coefficient (Wildman–Crippen LogP) is 3.64. The van der Waals surface area contributed by atoms with Crippen molar-refractivity contribution in [2.24, 2.45) is 5.29 Å². The van der Waals surface area contributed by atoms with Crippen LogP contribution in [0.5, 0.6) is 0 Å². The van der Waals surface area contributed by atoms with Gasteiger partial charge in [0, 0.05) is 39.6 Å². The minimum atomic E-state index is 0.744. The van der Waals surface area contributed by atoms with Crippen molar-refractivity contribution in [2.75, 3.05) is 43.0 Å². The molecule has 0 spiro atoms. The largest absolute Gasteiger partial charge is 0.378 e. The van der Waals surface area contributed by atoms with Crippen molar-refractivity contribution in [2.45, 2.75) is 0 Å². The summed E-state index contributed by atoms with van der Waals surface area (Å²) in [4.78, 5) is 15.2. The molecular formula is C16H20N4O. The van der Waals surface area contributed by atoms with Gasteiger partial charge in [-0.25, -0.2) is 0 Å². The summed E-state index contributed by atoms with van der Waals surface area (Å²) in [5.41, 5.74) is 3.64. The summed E-state index contributed by atoms with van der Waals surface area (Å²) in [7, 11) is 7.91. The van der Waals surface area contributed by atoms with Crippen LogP contribution in [0, 0.1) is 4.91 Å². The molecule has 0 atom stereocenters. The standard InChI is InChI=1S/C16H20N4O/c1-18(2)13-5-9-15(10-6-13)20(17-21)16-11-7-14(8-12-16)19(3)4/h5-12H,1-4H3. The number of anilines is 4. The van der Waals surface area contributed by atoms with Crippen LogP contribution in [0.25, 0.3) is 0 Å². The second-order valence-electron chi connectivity index (χ2n) is 5.22. The molecule has 0 saturated heterocycles. The maximum absolute atomic E-state index is 11.2. The molecule has 2 rings (SSSR count). The van der Waals surface area contributed by atoms with Crippen molar-refractivity contribution in [3.8, 4) is 0 Å². The summed E-state index contributed by atoms with van der Waals surface area (Å²) >= 11 is 0. The lowest BCUT2D eigenvalue weighted by atomic mass is 10.2. The average Bonchev–Trinajstić information content (AvgIpc) is 2.49. The van der Waals surface area contributed by atoms with E-state index in [2.05, 4.69) is 5.29 Å². The first kappa shape index (κ1) is 14.8. The highest BCUT2D eigenvalue weighted by Crippen LogP contribution is 2.28. The predicted molar refractivity (Wildman–Crippen MR) is 89.5 cm³/mol. The lowest BCUT2D eigenvalue weighted by molar-refractivity contribution is 1.06. The third-order valence-corrected chi connectivity index (χ3v) is 3.30. The van der Waals surface area contributed by atoms with Crippen LogP contribution in [0.4, 0.5) is 22.7 Å². The second kappa shape index (κ2) is 6.26. The van der Waals surface area contributed by atoms with Gasteiger partial charge in [0.2, 0.25) is 0 Å². The Balaban J connectivity index is 2.28. The molecule has 0 bridgehead atoms. The van der Waals surface area contributed by atoms with Gasteiger partial charge in [-0.3, -0.25) is 0 Å². The molecule has 0 fully saturated rings. The number of benzene rings is 2. The molecule has 0 aliphatic heterocycles. The fourth-order valence-corrected chi connectivity index (χ4v) is 2.03. The highest BCUT2D eigenvalue weighted by atomic mass is 16.3. The van der Waals surface area contributed by atoms with Gasteiger partial charge in [0.25, 0.3) is 0 Å². The molecule has 2 aromatic rings. The zero-order valence-corrected chi connectivity index (χ0v) is 12.8. The molecule has 21 heavy (non-hydrogen) atoms. The van der Waals surface area contributed by atoms with Crippen LogP contribution in [-0.4, -0.2) is 28.2 Å². The molecule has 5 nitrogen and oxygen atoms in total. The van der Waals surface area contributed by atoms with Crippen molar-refractivity contribution >= 4 is 22.7 Å². The Labute approximate surface area is 125 Å². The van der Waals surface area contributed by atoms with Crippen molar-refractivity contribution in [3.05, 3.63) is 53.4 Å². The van der Waals surface area contributed by atoms with E-state index in [1.54, 1.807) is 0 Å². The van der Waals surface area contributed by atoms with Crippen LogP contribution >= 0.6 is 0 Å². The maximum atomic E-state index is 11.2. The van der Waals surface area contributed by atoms with E-state index in [0.717, 1.165) is 22.7 Å². The molecule has 110 valence electrons. The van der Waals surface area contributed by atoms with E-state index in [1.165, 1.54) is 5.01 Å². The van der Waals surface area contributed by atoms with Crippen LogP contribution < -0.4 is 14.8 Å². The minimum absolute atomic E-state index is 0.744. The Morgan fingerprint density at radius 3 is 1.14 bits per heavy atom. The molecule has 0 aliphatic rings. The van der Waals surface area contributed by atoms with E-state index in [4.69, 9.17) is 0 Å². The zero-order chi connectivity index (χ0) is 15.4. The van der Waals surface area contributed by atoms with Crippen LogP contribution in [0.15, 0.2) is 53.8 Å². The molecular weight excluding hydrogens is 264 g/mol. The van der Waals surface area contributed by atoms with Crippen molar-refractivity contribution < 1.29 is 0 Å². The van der Waals surface area contributed by atoms with Gasteiger partial charge >= 0.3 is 0 Å². The molecule has 0 saturated carbocycles. The molecule has 0 unspecified atom stereocenters. The highest BCUT2D eigenvalue weighted by molar-refractivity contribution is 5.66. The van der Waals surface area contributed by atoms with Crippen molar-refractivity contribution in [1.82, 2.24) is 0 Å². The van der Waals surface area contributed by atoms with Gasteiger partial charge in [-0.05, 0) is 48.5 Å². The van der Waals surface area contributed by atoms with Gasteiger partial charge in [0.15, 0.2) is 0 Å². The van der Waals surface area contributed by atoms with E-state index >= 15 is 0 Å². The number of nitroso groups, excluding NO2 is 1. The average molecular weight is 284 g/mol. The Hall–Kier alpha value is -2.56. The molecule has 0 amide bonds. The maximum Gasteiger partial charge on any atom is 0.0686 e. The SMILES string of the molecule is CN(C)c1ccc(N(N=O)c2ccc(N(C)C)cc2)cc1. The molecule has 5 heteroatoms. The van der Waals surface area contributed by atoms with Gasteiger partial charge in [0.1, 0.15) is 0 Å². The number of hydrogen-bond acceptors (Lipinski definition) is 4.